The summed E-state index contributed by atoms with van der Waals surface area (Å²) in [7, 11) is 12.5. The fraction of sp³-hybridized carbons (Fsp3) is 0.230. The molecule has 2 aliphatic heterocycles. The number of benzene rings is 1. The Morgan fingerprint density at radius 3 is 0.927 bits per heavy atom. The molecule has 0 fully saturated rings. The molecule has 1 N–H and O–H groups in total. The van der Waals surface area contributed by atoms with Gasteiger partial charge in [-0.2, -0.15) is 0 Å². The van der Waals surface area contributed by atoms with Gasteiger partial charge < -0.3 is 69.3 Å². The standard InChI is InChI=1S/C51H48N9O.5C2H4O2.Mn/c1-57-27-21-35(22-28-57)49-41-15-13-39(53-41)48(34-9-11-38(12-10-34)52-47(61)8-7-33-60(4,5)6)40-14-16-42(54-40)50(36-23-29-58(2)30-24-36)44-18-20-46(56-44)51(45-19-17-43(49)55-45)37-25-31-59(3)32-26-37;5*1-2(3)4;/h9-32H,7-8,33H2,1-6H3;5*1H3,(H,3,4);/q+1;;;;;;+3/p-4. The van der Waals surface area contributed by atoms with Gasteiger partial charge in [0.1, 0.15) is 21.1 Å². The first-order valence-corrected chi connectivity index (χ1v) is 25.1. The Labute approximate surface area is 486 Å². The van der Waals surface area contributed by atoms with Crippen LogP contribution in [0.3, 0.4) is 0 Å². The maximum atomic E-state index is 12.9. The zero-order chi connectivity index (χ0) is 60.1. The number of hydrogen-bond acceptors (Lipinski definition) is 13. The predicted molar refractivity (Wildman–Crippen MR) is 296 cm³/mol. The fourth-order valence-corrected chi connectivity index (χ4v) is 7.93. The van der Waals surface area contributed by atoms with E-state index >= 15 is 0 Å². The van der Waals surface area contributed by atoms with Crippen LogP contribution in [0, 0.1) is 0 Å². The molecular weight excluding hydrogens is 1090 g/mol. The number of nitrogens with zero attached hydrogens (tertiary/aromatic N) is 8. The van der Waals surface area contributed by atoms with Gasteiger partial charge in [0.2, 0.25) is 5.91 Å². The van der Waals surface area contributed by atoms with Gasteiger partial charge in [-0.15, -0.1) is 22.1 Å². The molecule has 7 aromatic rings. The summed E-state index contributed by atoms with van der Waals surface area (Å²) in [6, 6.07) is 29.0. The molecule has 6 aromatic heterocycles. The molecule has 0 aliphatic carbocycles. The summed E-state index contributed by atoms with van der Waals surface area (Å²) in [4.78, 5) is 78.9. The second-order valence-electron chi connectivity index (χ2n) is 19.3. The van der Waals surface area contributed by atoms with Crippen molar-refractivity contribution in [3.05, 3.63) is 145 Å². The molecule has 20 nitrogen and oxygen atoms in total. The number of carboxylic acids is 5. The van der Waals surface area contributed by atoms with Gasteiger partial charge in [-0.25, -0.2) is 23.7 Å². The summed E-state index contributed by atoms with van der Waals surface area (Å²) in [5, 5.41) is 47.5. The number of hydrogen-bond donors (Lipinski definition) is 1. The second-order valence-corrected chi connectivity index (χ2v) is 19.3. The SMILES string of the molecule is CC(=O)[O-].CC(=O)[O-].CC(=O)[O-].CC(=O)[O-].CC(=O)[O-].C[n+]1ccc(-c2c3nc(c(-c4cc[n+](C)cc4)c4ccc([n-]4)c(-c4cc[n+](C)cc4)c4nc(c(-c5ccc(NC(=O)CCC[N+](C)(C)C)cc5)c5ccc2[n-]5)C=C4)C=C3)cc1.[Mn+3]. The zero-order valence-electron chi connectivity index (χ0n) is 47.4. The maximum absolute atomic E-state index is 12.9. The number of carbonyl (C=O) groups excluding carboxylic acids is 6. The van der Waals surface area contributed by atoms with Crippen LogP contribution in [0.1, 0.15) is 70.2 Å². The molecule has 0 spiro atoms. The summed E-state index contributed by atoms with van der Waals surface area (Å²) in [6.45, 7) is 5.79. The quantitative estimate of drug-likeness (QED) is 0.121. The molecule has 426 valence electrons. The number of amides is 1. The molecule has 0 saturated heterocycles. The molecule has 8 bridgehead atoms. The number of anilines is 1. The second kappa shape index (κ2) is 31.4. The number of carboxylic acid groups (broad SMARTS) is 5. The van der Waals surface area contributed by atoms with Crippen LogP contribution in [-0.4, -0.2) is 77.9 Å². The van der Waals surface area contributed by atoms with Crippen LogP contribution in [0.5, 0.6) is 0 Å². The Morgan fingerprint density at radius 1 is 0.439 bits per heavy atom. The Morgan fingerprint density at radius 2 is 0.683 bits per heavy atom. The van der Waals surface area contributed by atoms with Crippen LogP contribution >= 0.6 is 0 Å². The molecule has 2 aliphatic rings. The number of aryl methyl sites for hydroxylation is 3. The predicted octanol–water partition coefficient (Wildman–Crippen LogP) is 1.26. The van der Waals surface area contributed by atoms with Gasteiger partial charge in [0.05, 0.1) is 50.5 Å². The Bertz CT molecular complexity index is 3470. The number of aliphatic carboxylic acids is 5. The van der Waals surface area contributed by atoms with E-state index in [-0.39, 0.29) is 23.0 Å². The van der Waals surface area contributed by atoms with Crippen LogP contribution in [0.4, 0.5) is 5.69 Å². The van der Waals surface area contributed by atoms with Gasteiger partial charge in [-0.1, -0.05) is 36.4 Å². The van der Waals surface area contributed by atoms with Crippen molar-refractivity contribution in [1.82, 2.24) is 19.9 Å². The summed E-state index contributed by atoms with van der Waals surface area (Å²) in [6.07, 6.45) is 21.9. The van der Waals surface area contributed by atoms with E-state index < -0.39 is 29.8 Å². The van der Waals surface area contributed by atoms with E-state index in [0.29, 0.717) is 6.42 Å². The van der Waals surface area contributed by atoms with E-state index in [1.165, 1.54) is 0 Å². The van der Waals surface area contributed by atoms with Gasteiger partial charge in [-0.3, -0.25) is 4.79 Å². The number of carbonyl (C=O) groups is 6. The largest absolute Gasteiger partial charge is 3.00 e. The number of pyridine rings is 3. The molecule has 82 heavy (non-hydrogen) atoms. The van der Waals surface area contributed by atoms with Crippen molar-refractivity contribution in [2.24, 2.45) is 21.1 Å². The van der Waals surface area contributed by atoms with Crippen molar-refractivity contribution in [3.8, 4) is 44.5 Å². The fourth-order valence-electron chi connectivity index (χ4n) is 7.93. The molecular formula is C61H64MnN9O11. The molecule has 1 aromatic carbocycles. The number of aromatic nitrogens is 7. The van der Waals surface area contributed by atoms with E-state index in [2.05, 4.69) is 124 Å². The van der Waals surface area contributed by atoms with E-state index in [1.807, 2.05) is 83.9 Å². The van der Waals surface area contributed by atoms with Crippen molar-refractivity contribution in [3.63, 3.8) is 0 Å². The normalized spacial score (nSPS) is 10.6. The number of rotatable bonds is 9. The number of nitrogens with one attached hydrogen (secondary N) is 1. The third-order valence-corrected chi connectivity index (χ3v) is 11.1. The van der Waals surface area contributed by atoms with E-state index in [0.717, 1.165) is 147 Å². The van der Waals surface area contributed by atoms with Gasteiger partial charge in [0.25, 0.3) is 0 Å². The average molecular weight is 1150 g/mol. The van der Waals surface area contributed by atoms with Crippen molar-refractivity contribution >= 4 is 87.8 Å². The van der Waals surface area contributed by atoms with Gasteiger partial charge in [0.15, 0.2) is 37.2 Å². The first-order chi connectivity index (χ1) is 38.1. The Hall–Kier alpha value is -9.43. The molecule has 9 rings (SSSR count). The smallest absolute Gasteiger partial charge is 0.657 e. The van der Waals surface area contributed by atoms with E-state index in [4.69, 9.17) is 69.4 Å². The zero-order valence-corrected chi connectivity index (χ0v) is 48.6. The molecule has 0 saturated carbocycles. The van der Waals surface area contributed by atoms with Crippen LogP contribution in [-0.2, 0) is 67.0 Å². The summed E-state index contributed by atoms with van der Waals surface area (Å²) < 4.78 is 6.90. The molecule has 0 radical (unpaired) electrons. The number of quaternary nitrogens is 1. The van der Waals surface area contributed by atoms with Gasteiger partial charge >= 0.3 is 17.1 Å². The average Bonchev–Trinajstić information content (AvgIpc) is 4.30. The van der Waals surface area contributed by atoms with E-state index in [1.54, 1.807) is 0 Å². The van der Waals surface area contributed by atoms with Crippen LogP contribution in [0.25, 0.3) is 90.9 Å². The van der Waals surface area contributed by atoms with E-state index in [9.17, 15) is 4.79 Å². The maximum Gasteiger partial charge on any atom is 3.00 e. The van der Waals surface area contributed by atoms with Gasteiger partial charge in [0, 0.05) is 84.8 Å². The summed E-state index contributed by atoms with van der Waals surface area (Å²) >= 11 is 0. The topological polar surface area (TPSA) is 295 Å². The minimum absolute atomic E-state index is 0. The van der Waals surface area contributed by atoms with Crippen molar-refractivity contribution in [2.45, 2.75) is 47.5 Å². The van der Waals surface area contributed by atoms with Crippen LogP contribution in [0.2, 0.25) is 0 Å². The molecule has 21 heteroatoms. The third kappa shape index (κ3) is 21.7. The van der Waals surface area contributed by atoms with Gasteiger partial charge in [-0.05, 0) is 116 Å². The summed E-state index contributed by atoms with van der Waals surface area (Å²) in [5.41, 5.74) is 14.8. The first kappa shape index (κ1) is 66.8. The van der Waals surface area contributed by atoms with Crippen LogP contribution < -0.4 is 54.5 Å². The van der Waals surface area contributed by atoms with Crippen LogP contribution in [0.15, 0.2) is 122 Å². The minimum Gasteiger partial charge on any atom is -0.657 e. The summed E-state index contributed by atoms with van der Waals surface area (Å²) in [5.74, 6) is -5.41. The van der Waals surface area contributed by atoms with Crippen molar-refractivity contribution in [1.29, 1.82) is 0 Å². The third-order valence-electron chi connectivity index (χ3n) is 11.1. The molecule has 1 amide bonds. The molecule has 0 unspecified atom stereocenters. The molecule has 8 heterocycles. The number of fused-ring (bicyclic) bond motifs is 8. The van der Waals surface area contributed by atoms with Crippen molar-refractivity contribution in [2.75, 3.05) is 33.0 Å². The monoisotopic (exact) mass is 1150 g/mol. The first-order valence-electron chi connectivity index (χ1n) is 25.1. The van der Waals surface area contributed by atoms with Crippen molar-refractivity contribution < 1.29 is 89.6 Å². The Kier molecular flexibility index (Phi) is 25.6. The minimum atomic E-state index is -1.08. The molecule has 0 atom stereocenters. The Balaban J connectivity index is 0.000000730.